The van der Waals surface area contributed by atoms with Gasteiger partial charge in [-0.1, -0.05) is 19.3 Å². The van der Waals surface area contributed by atoms with Crippen LogP contribution in [0, 0.1) is 0 Å². The number of nitrogens with zero attached hydrogens (tertiary/aromatic N) is 1. The van der Waals surface area contributed by atoms with Crippen LogP contribution in [0.15, 0.2) is 0 Å². The number of rotatable bonds is 5. The molecule has 100 valence electrons. The van der Waals surface area contributed by atoms with Crippen LogP contribution in [0.3, 0.4) is 0 Å². The van der Waals surface area contributed by atoms with Crippen LogP contribution < -0.4 is 5.73 Å². The van der Waals surface area contributed by atoms with Crippen molar-refractivity contribution in [2.24, 2.45) is 5.73 Å². The largest absolute Gasteiger partial charge is 0.326 e. The van der Waals surface area contributed by atoms with Gasteiger partial charge in [-0.25, -0.2) is 4.98 Å². The Bertz CT molecular complexity index is 392. The second kappa shape index (κ2) is 5.93. The van der Waals surface area contributed by atoms with Crippen LogP contribution in [0.2, 0.25) is 0 Å². The summed E-state index contributed by atoms with van der Waals surface area (Å²) in [6, 6.07) is 0. The number of hydrogen-bond donors (Lipinski definition) is 1. The molecule has 0 spiro atoms. The summed E-state index contributed by atoms with van der Waals surface area (Å²) in [5.74, 6) is 1.85. The average Bonchev–Trinajstić information content (AvgIpc) is 3.18. The molecule has 1 aromatic rings. The van der Waals surface area contributed by atoms with E-state index < -0.39 is 0 Å². The first kappa shape index (κ1) is 12.9. The van der Waals surface area contributed by atoms with Gasteiger partial charge in [0.15, 0.2) is 0 Å². The molecule has 0 atom stereocenters. The van der Waals surface area contributed by atoms with Gasteiger partial charge in [0.25, 0.3) is 0 Å². The Morgan fingerprint density at radius 3 is 2.61 bits per heavy atom. The molecule has 0 bridgehead atoms. The van der Waals surface area contributed by atoms with E-state index in [-0.39, 0.29) is 0 Å². The predicted octanol–water partition coefficient (Wildman–Crippen LogP) is 4.05. The van der Waals surface area contributed by atoms with Gasteiger partial charge in [0.2, 0.25) is 0 Å². The van der Waals surface area contributed by atoms with Crippen LogP contribution in [0.25, 0.3) is 0 Å². The second-order valence-electron chi connectivity index (χ2n) is 5.47. The maximum atomic E-state index is 5.83. The average molecular weight is 282 g/mol. The van der Waals surface area contributed by atoms with Crippen molar-refractivity contribution in [3.8, 4) is 0 Å². The molecule has 2 N–H and O–H groups in total. The van der Waals surface area contributed by atoms with Crippen molar-refractivity contribution in [2.45, 2.75) is 68.4 Å². The zero-order valence-corrected chi connectivity index (χ0v) is 12.5. The van der Waals surface area contributed by atoms with Gasteiger partial charge in [-0.15, -0.1) is 11.3 Å². The standard InChI is InChI=1S/C14H22N2S2/c15-8-12-14(10-6-7-10)16-13(18-12)9-17-11-4-2-1-3-5-11/h10-11H,1-9,15H2. The van der Waals surface area contributed by atoms with E-state index in [0.717, 1.165) is 16.9 Å². The SMILES string of the molecule is NCc1sc(CSC2CCCCC2)nc1C1CC1. The summed E-state index contributed by atoms with van der Waals surface area (Å²) in [6.45, 7) is 0.678. The lowest BCUT2D eigenvalue weighted by Crippen LogP contribution is -2.08. The van der Waals surface area contributed by atoms with E-state index in [0.29, 0.717) is 6.54 Å². The van der Waals surface area contributed by atoms with Crippen LogP contribution >= 0.6 is 23.1 Å². The van der Waals surface area contributed by atoms with Crippen molar-refractivity contribution >= 4 is 23.1 Å². The third kappa shape index (κ3) is 3.09. The normalized spacial score (nSPS) is 21.4. The highest BCUT2D eigenvalue weighted by Gasteiger charge is 2.29. The Morgan fingerprint density at radius 2 is 1.94 bits per heavy atom. The highest BCUT2D eigenvalue weighted by atomic mass is 32.2. The molecule has 2 nitrogen and oxygen atoms in total. The quantitative estimate of drug-likeness (QED) is 0.885. The Morgan fingerprint density at radius 1 is 1.17 bits per heavy atom. The fraction of sp³-hybridized carbons (Fsp3) is 0.786. The number of aromatic nitrogens is 1. The first-order valence-electron chi connectivity index (χ1n) is 7.17. The smallest absolute Gasteiger partial charge is 0.103 e. The Labute approximate surface area is 118 Å². The summed E-state index contributed by atoms with van der Waals surface area (Å²) in [6.07, 6.45) is 9.77. The van der Waals surface area contributed by atoms with Gasteiger partial charge < -0.3 is 5.73 Å². The molecular weight excluding hydrogens is 260 g/mol. The molecule has 18 heavy (non-hydrogen) atoms. The minimum absolute atomic E-state index is 0.678. The predicted molar refractivity (Wildman–Crippen MR) is 80.1 cm³/mol. The molecule has 0 aromatic carbocycles. The summed E-state index contributed by atoms with van der Waals surface area (Å²) >= 11 is 3.98. The molecule has 2 fully saturated rings. The lowest BCUT2D eigenvalue weighted by atomic mass is 10.0. The van der Waals surface area contributed by atoms with Gasteiger partial charge in [-0.05, 0) is 25.7 Å². The van der Waals surface area contributed by atoms with Crippen molar-refractivity contribution in [1.29, 1.82) is 0 Å². The Balaban J connectivity index is 1.58. The van der Waals surface area contributed by atoms with Gasteiger partial charge in [0, 0.05) is 28.3 Å². The molecule has 0 radical (unpaired) electrons. The lowest BCUT2D eigenvalue weighted by molar-refractivity contribution is 0.516. The Hall–Kier alpha value is -0.0600. The molecule has 1 aromatic heterocycles. The molecule has 3 rings (SSSR count). The fourth-order valence-electron chi connectivity index (χ4n) is 2.72. The zero-order valence-electron chi connectivity index (χ0n) is 10.9. The van der Waals surface area contributed by atoms with Crippen LogP contribution in [0.5, 0.6) is 0 Å². The molecule has 2 aliphatic rings. The van der Waals surface area contributed by atoms with E-state index in [2.05, 4.69) is 11.8 Å². The third-order valence-corrected chi connectivity index (χ3v) is 6.58. The van der Waals surface area contributed by atoms with E-state index in [9.17, 15) is 0 Å². The van der Waals surface area contributed by atoms with E-state index >= 15 is 0 Å². The summed E-state index contributed by atoms with van der Waals surface area (Å²) in [4.78, 5) is 6.19. The van der Waals surface area contributed by atoms with Gasteiger partial charge in [0.1, 0.15) is 5.01 Å². The van der Waals surface area contributed by atoms with Crippen molar-refractivity contribution in [3.05, 3.63) is 15.6 Å². The van der Waals surface area contributed by atoms with Gasteiger partial charge in [0.05, 0.1) is 5.69 Å². The van der Waals surface area contributed by atoms with Gasteiger partial charge in [-0.2, -0.15) is 11.8 Å². The molecule has 2 aliphatic carbocycles. The molecule has 1 heterocycles. The molecule has 0 aliphatic heterocycles. The van der Waals surface area contributed by atoms with E-state index in [4.69, 9.17) is 10.7 Å². The summed E-state index contributed by atoms with van der Waals surface area (Å²) in [5, 5.41) is 2.20. The maximum absolute atomic E-state index is 5.83. The van der Waals surface area contributed by atoms with Crippen molar-refractivity contribution in [3.63, 3.8) is 0 Å². The van der Waals surface area contributed by atoms with Crippen LogP contribution in [-0.4, -0.2) is 10.2 Å². The number of nitrogens with two attached hydrogens (primary N) is 1. The number of hydrogen-bond acceptors (Lipinski definition) is 4. The van der Waals surface area contributed by atoms with Crippen LogP contribution in [-0.2, 0) is 12.3 Å². The highest BCUT2D eigenvalue weighted by molar-refractivity contribution is 7.99. The second-order valence-corrected chi connectivity index (χ2v) is 7.92. The third-order valence-electron chi connectivity index (χ3n) is 3.92. The molecule has 2 saturated carbocycles. The first-order valence-corrected chi connectivity index (χ1v) is 9.03. The summed E-state index contributed by atoms with van der Waals surface area (Å²) < 4.78 is 0. The van der Waals surface area contributed by atoms with Crippen molar-refractivity contribution in [1.82, 2.24) is 4.98 Å². The summed E-state index contributed by atoms with van der Waals surface area (Å²) in [5.41, 5.74) is 7.17. The van der Waals surface area contributed by atoms with Gasteiger partial charge in [-0.3, -0.25) is 0 Å². The first-order chi connectivity index (χ1) is 8.86. The van der Waals surface area contributed by atoms with Crippen molar-refractivity contribution < 1.29 is 0 Å². The minimum Gasteiger partial charge on any atom is -0.326 e. The topological polar surface area (TPSA) is 38.9 Å². The van der Waals surface area contributed by atoms with E-state index in [1.54, 1.807) is 0 Å². The van der Waals surface area contributed by atoms with E-state index in [1.165, 1.54) is 60.5 Å². The van der Waals surface area contributed by atoms with Crippen LogP contribution in [0.4, 0.5) is 0 Å². The monoisotopic (exact) mass is 282 g/mol. The van der Waals surface area contributed by atoms with Crippen LogP contribution in [0.1, 0.15) is 66.4 Å². The van der Waals surface area contributed by atoms with Gasteiger partial charge >= 0.3 is 0 Å². The highest BCUT2D eigenvalue weighted by Crippen LogP contribution is 2.43. The molecular formula is C14H22N2S2. The lowest BCUT2D eigenvalue weighted by Gasteiger charge is -2.20. The van der Waals surface area contributed by atoms with Crippen molar-refractivity contribution in [2.75, 3.05) is 0 Å². The molecule has 0 amide bonds. The number of thiazole rings is 1. The Kier molecular flexibility index (Phi) is 4.27. The van der Waals surface area contributed by atoms with E-state index in [1.807, 2.05) is 11.3 Å². The fourth-order valence-corrected chi connectivity index (χ4v) is 5.10. The summed E-state index contributed by atoms with van der Waals surface area (Å²) in [7, 11) is 0. The molecule has 0 saturated heterocycles. The molecule has 0 unspecified atom stereocenters. The zero-order chi connectivity index (χ0) is 12.4. The number of thioether (sulfide) groups is 1. The maximum Gasteiger partial charge on any atom is 0.103 e. The molecule has 4 heteroatoms. The minimum atomic E-state index is 0.678.